The van der Waals surface area contributed by atoms with E-state index in [9.17, 15) is 9.90 Å². The predicted molar refractivity (Wildman–Crippen MR) is 73.8 cm³/mol. The zero-order chi connectivity index (χ0) is 13.1. The molecule has 18 heavy (non-hydrogen) atoms. The van der Waals surface area contributed by atoms with Crippen LogP contribution in [0.25, 0.3) is 0 Å². The smallest absolute Gasteiger partial charge is 0.310 e. The van der Waals surface area contributed by atoms with Crippen LogP contribution in [-0.2, 0) is 16.1 Å². The van der Waals surface area contributed by atoms with Crippen molar-refractivity contribution in [2.24, 2.45) is 5.92 Å². The predicted octanol–water partition coefficient (Wildman–Crippen LogP) is 2.43. The zero-order valence-corrected chi connectivity index (χ0v) is 12.5. The highest BCUT2D eigenvalue weighted by molar-refractivity contribution is 9.11. The molecule has 1 aromatic heterocycles. The number of likely N-dealkylation sites (N-methyl/N-ethyl adjacent to an activating group) is 1. The fourth-order valence-electron chi connectivity index (χ4n) is 2.24. The molecule has 2 atom stereocenters. The molecule has 0 bridgehead atoms. The lowest BCUT2D eigenvalue weighted by atomic mass is 10.0. The fraction of sp³-hybridized carbons (Fsp3) is 0.583. The minimum Gasteiger partial charge on any atom is -0.481 e. The van der Waals surface area contributed by atoms with E-state index in [1.54, 1.807) is 11.3 Å². The van der Waals surface area contributed by atoms with Crippen molar-refractivity contribution >= 4 is 33.2 Å². The van der Waals surface area contributed by atoms with Gasteiger partial charge in [0.15, 0.2) is 0 Å². The zero-order valence-electron chi connectivity index (χ0n) is 10.1. The van der Waals surface area contributed by atoms with Crippen LogP contribution in [0.15, 0.2) is 15.9 Å². The minimum atomic E-state index is -0.761. The molecule has 4 nitrogen and oxygen atoms in total. The molecule has 1 aromatic rings. The molecular weight excluding hydrogens is 318 g/mol. The monoisotopic (exact) mass is 333 g/mol. The summed E-state index contributed by atoms with van der Waals surface area (Å²) in [7, 11) is 0. The van der Waals surface area contributed by atoms with Crippen LogP contribution >= 0.6 is 27.3 Å². The van der Waals surface area contributed by atoms with Gasteiger partial charge in [-0.15, -0.1) is 11.3 Å². The first-order valence-electron chi connectivity index (χ1n) is 5.90. The number of aliphatic carboxylic acids is 1. The maximum Gasteiger partial charge on any atom is 0.310 e. The lowest BCUT2D eigenvalue weighted by molar-refractivity contribution is -0.143. The number of ether oxygens (including phenoxy) is 1. The van der Waals surface area contributed by atoms with Gasteiger partial charge in [-0.3, -0.25) is 9.69 Å². The first kappa shape index (κ1) is 14.0. The van der Waals surface area contributed by atoms with Gasteiger partial charge in [-0.2, -0.15) is 0 Å². The number of thiophene rings is 1. The van der Waals surface area contributed by atoms with E-state index >= 15 is 0 Å². The van der Waals surface area contributed by atoms with E-state index in [2.05, 4.69) is 33.8 Å². The highest BCUT2D eigenvalue weighted by atomic mass is 79.9. The molecule has 0 saturated carbocycles. The van der Waals surface area contributed by atoms with Gasteiger partial charge in [0.25, 0.3) is 0 Å². The maximum absolute atomic E-state index is 11.2. The molecule has 100 valence electrons. The van der Waals surface area contributed by atoms with Crippen LogP contribution in [0.4, 0.5) is 0 Å². The Hall–Kier alpha value is -0.430. The van der Waals surface area contributed by atoms with Gasteiger partial charge in [0.05, 0.1) is 22.9 Å². The number of carboxylic acid groups (broad SMARTS) is 1. The van der Waals surface area contributed by atoms with Crippen LogP contribution in [0.2, 0.25) is 0 Å². The summed E-state index contributed by atoms with van der Waals surface area (Å²) in [6.07, 6.45) is 0. The molecule has 0 radical (unpaired) electrons. The SMILES string of the molecule is CCN(Cc1ccc(Br)s1)C1COCC1C(=O)O. The van der Waals surface area contributed by atoms with Crippen LogP contribution in [0.1, 0.15) is 11.8 Å². The largest absolute Gasteiger partial charge is 0.481 e. The third-order valence-corrected chi connectivity index (χ3v) is 4.84. The van der Waals surface area contributed by atoms with E-state index in [1.165, 1.54) is 4.88 Å². The second-order valence-electron chi connectivity index (χ2n) is 4.32. The number of hydrogen-bond donors (Lipinski definition) is 1. The Balaban J connectivity index is 2.06. The summed E-state index contributed by atoms with van der Waals surface area (Å²) >= 11 is 5.13. The van der Waals surface area contributed by atoms with E-state index in [0.29, 0.717) is 13.2 Å². The lowest BCUT2D eigenvalue weighted by Gasteiger charge is -2.28. The standard InChI is InChI=1S/C12H16BrNO3S/c1-2-14(5-8-3-4-11(13)18-8)10-7-17-6-9(10)12(15)16/h3-4,9-10H,2,5-7H2,1H3,(H,15,16). The van der Waals surface area contributed by atoms with E-state index in [4.69, 9.17) is 4.74 Å². The number of rotatable bonds is 5. The van der Waals surface area contributed by atoms with Crippen molar-refractivity contribution in [3.05, 3.63) is 20.8 Å². The van der Waals surface area contributed by atoms with Crippen molar-refractivity contribution < 1.29 is 14.6 Å². The lowest BCUT2D eigenvalue weighted by Crippen LogP contribution is -2.42. The summed E-state index contributed by atoms with van der Waals surface area (Å²) < 4.78 is 6.43. The van der Waals surface area contributed by atoms with Crippen LogP contribution in [0.3, 0.4) is 0 Å². The van der Waals surface area contributed by atoms with Crippen molar-refractivity contribution in [3.63, 3.8) is 0 Å². The normalized spacial score (nSPS) is 23.7. The summed E-state index contributed by atoms with van der Waals surface area (Å²) in [6.45, 7) is 4.50. The Morgan fingerprint density at radius 3 is 2.94 bits per heavy atom. The Bertz CT molecular complexity index is 423. The molecule has 0 aromatic carbocycles. The summed E-state index contributed by atoms with van der Waals surface area (Å²) in [6, 6.07) is 4.07. The van der Waals surface area contributed by atoms with Gasteiger partial charge in [0, 0.05) is 17.5 Å². The van der Waals surface area contributed by atoms with Crippen molar-refractivity contribution in [2.45, 2.75) is 19.5 Å². The summed E-state index contributed by atoms with van der Waals surface area (Å²) in [5.41, 5.74) is 0. The Kier molecular flexibility index (Phi) is 4.77. The van der Waals surface area contributed by atoms with Gasteiger partial charge in [0.1, 0.15) is 0 Å². The van der Waals surface area contributed by atoms with Crippen molar-refractivity contribution in [3.8, 4) is 0 Å². The molecule has 0 amide bonds. The van der Waals surface area contributed by atoms with E-state index < -0.39 is 11.9 Å². The second-order valence-corrected chi connectivity index (χ2v) is 6.87. The van der Waals surface area contributed by atoms with E-state index in [0.717, 1.165) is 16.9 Å². The van der Waals surface area contributed by atoms with E-state index in [1.807, 2.05) is 6.07 Å². The van der Waals surface area contributed by atoms with E-state index in [-0.39, 0.29) is 6.04 Å². The molecule has 0 aliphatic carbocycles. The molecule has 0 spiro atoms. The number of halogens is 1. The van der Waals surface area contributed by atoms with Crippen molar-refractivity contribution in [1.29, 1.82) is 0 Å². The number of nitrogens with zero attached hydrogens (tertiary/aromatic N) is 1. The molecule has 1 N–H and O–H groups in total. The van der Waals surface area contributed by atoms with Crippen LogP contribution < -0.4 is 0 Å². The van der Waals surface area contributed by atoms with Gasteiger partial charge in [-0.05, 0) is 34.6 Å². The Morgan fingerprint density at radius 2 is 2.39 bits per heavy atom. The van der Waals surface area contributed by atoms with Gasteiger partial charge < -0.3 is 9.84 Å². The first-order chi connectivity index (χ1) is 8.61. The summed E-state index contributed by atoms with van der Waals surface area (Å²) in [4.78, 5) is 14.6. The van der Waals surface area contributed by atoms with Gasteiger partial charge in [-0.1, -0.05) is 6.92 Å². The number of hydrogen-bond acceptors (Lipinski definition) is 4. The Morgan fingerprint density at radius 1 is 1.61 bits per heavy atom. The minimum absolute atomic E-state index is 0.0200. The summed E-state index contributed by atoms with van der Waals surface area (Å²) in [5, 5.41) is 9.19. The molecule has 2 heterocycles. The topological polar surface area (TPSA) is 49.8 Å². The van der Waals surface area contributed by atoms with Gasteiger partial charge in [-0.25, -0.2) is 0 Å². The number of carbonyl (C=O) groups is 1. The molecule has 1 aliphatic heterocycles. The third-order valence-electron chi connectivity index (χ3n) is 3.23. The molecule has 2 rings (SSSR count). The number of carboxylic acids is 1. The quantitative estimate of drug-likeness (QED) is 0.899. The maximum atomic E-state index is 11.2. The third kappa shape index (κ3) is 3.12. The molecule has 1 saturated heterocycles. The summed E-state index contributed by atoms with van der Waals surface area (Å²) in [5.74, 6) is -1.17. The van der Waals surface area contributed by atoms with Crippen molar-refractivity contribution in [2.75, 3.05) is 19.8 Å². The average Bonchev–Trinajstić information content (AvgIpc) is 2.94. The Labute approximate surface area is 119 Å². The van der Waals surface area contributed by atoms with Gasteiger partial charge in [0.2, 0.25) is 0 Å². The van der Waals surface area contributed by atoms with Crippen LogP contribution in [0, 0.1) is 5.92 Å². The van der Waals surface area contributed by atoms with Gasteiger partial charge >= 0.3 is 5.97 Å². The highest BCUT2D eigenvalue weighted by Crippen LogP contribution is 2.26. The molecule has 1 fully saturated rings. The molecule has 6 heteroatoms. The fourth-order valence-corrected chi connectivity index (χ4v) is 3.75. The highest BCUT2D eigenvalue weighted by Gasteiger charge is 2.37. The van der Waals surface area contributed by atoms with Crippen LogP contribution in [0.5, 0.6) is 0 Å². The average molecular weight is 334 g/mol. The molecule has 2 unspecified atom stereocenters. The molecular formula is C12H16BrNO3S. The van der Waals surface area contributed by atoms with Crippen LogP contribution in [-0.4, -0.2) is 41.8 Å². The molecule has 1 aliphatic rings. The van der Waals surface area contributed by atoms with Crippen molar-refractivity contribution in [1.82, 2.24) is 4.90 Å². The second kappa shape index (κ2) is 6.14. The first-order valence-corrected chi connectivity index (χ1v) is 7.51.